The Bertz CT molecular complexity index is 1010. The van der Waals surface area contributed by atoms with Crippen molar-refractivity contribution in [1.29, 1.82) is 0 Å². The third-order valence-electron chi connectivity index (χ3n) is 4.21. The Morgan fingerprint density at radius 2 is 1.79 bits per heavy atom. The highest BCUT2D eigenvalue weighted by Gasteiger charge is 2.30. The van der Waals surface area contributed by atoms with Gasteiger partial charge in [-0.3, -0.25) is 5.32 Å². The molecule has 3 N–H and O–H groups in total. The first-order valence-electron chi connectivity index (χ1n) is 10.5. The molecular weight excluding hydrogens is 453 g/mol. The van der Waals surface area contributed by atoms with Crippen molar-refractivity contribution in [2.75, 3.05) is 36.1 Å². The van der Waals surface area contributed by atoms with Gasteiger partial charge in [-0.15, -0.1) is 0 Å². The highest BCUT2D eigenvalue weighted by Crippen LogP contribution is 2.30. The van der Waals surface area contributed by atoms with E-state index in [9.17, 15) is 22.8 Å². The van der Waals surface area contributed by atoms with Gasteiger partial charge in [0.2, 0.25) is 5.95 Å². The van der Waals surface area contributed by atoms with E-state index < -0.39 is 29.5 Å². The van der Waals surface area contributed by atoms with Gasteiger partial charge in [-0.25, -0.2) is 14.6 Å². The monoisotopic (exact) mass is 482 g/mol. The first kappa shape index (κ1) is 26.7. The molecular formula is C22H29F3N6O3. The second-order valence-corrected chi connectivity index (χ2v) is 8.56. The number of hydrogen-bond acceptors (Lipinski definition) is 6. The van der Waals surface area contributed by atoms with E-state index in [4.69, 9.17) is 4.74 Å². The van der Waals surface area contributed by atoms with E-state index in [0.717, 1.165) is 12.1 Å². The van der Waals surface area contributed by atoms with Crippen LogP contribution in [0.4, 0.5) is 40.2 Å². The Morgan fingerprint density at radius 1 is 1.09 bits per heavy atom. The molecule has 0 atom stereocenters. The number of anilines is 3. The molecule has 1 aromatic carbocycles. The summed E-state index contributed by atoms with van der Waals surface area (Å²) < 4.78 is 43.8. The van der Waals surface area contributed by atoms with Crippen LogP contribution in [0.1, 0.15) is 38.4 Å². The van der Waals surface area contributed by atoms with Gasteiger partial charge in [-0.2, -0.15) is 18.2 Å². The van der Waals surface area contributed by atoms with Crippen LogP contribution in [0.5, 0.6) is 0 Å². The summed E-state index contributed by atoms with van der Waals surface area (Å²) in [6.07, 6.45) is -4.32. The molecule has 0 saturated heterocycles. The summed E-state index contributed by atoms with van der Waals surface area (Å²) in [5, 5.41) is 7.83. The predicted octanol–water partition coefficient (Wildman–Crippen LogP) is 5.12. The van der Waals surface area contributed by atoms with Gasteiger partial charge in [-0.1, -0.05) is 6.07 Å². The molecule has 0 radical (unpaired) electrons. The summed E-state index contributed by atoms with van der Waals surface area (Å²) in [4.78, 5) is 34.0. The minimum absolute atomic E-state index is 0.0159. The van der Waals surface area contributed by atoms with Gasteiger partial charge in [0, 0.05) is 37.6 Å². The number of carbonyl (C=O) groups is 2. The molecule has 0 aliphatic heterocycles. The maximum absolute atomic E-state index is 12.8. The van der Waals surface area contributed by atoms with Crippen molar-refractivity contribution in [1.82, 2.24) is 14.9 Å². The number of benzene rings is 1. The smallest absolute Gasteiger partial charge is 0.416 e. The highest BCUT2D eigenvalue weighted by atomic mass is 19.4. The highest BCUT2D eigenvalue weighted by molar-refractivity contribution is 5.98. The van der Waals surface area contributed by atoms with Crippen molar-refractivity contribution < 1.29 is 27.5 Å². The number of amides is 3. The Kier molecular flexibility index (Phi) is 8.66. The molecule has 0 aliphatic carbocycles. The third kappa shape index (κ3) is 9.12. The first-order chi connectivity index (χ1) is 15.7. The maximum Gasteiger partial charge on any atom is 0.416 e. The molecule has 34 heavy (non-hydrogen) atoms. The van der Waals surface area contributed by atoms with Crippen molar-refractivity contribution in [3.63, 3.8) is 0 Å². The molecule has 0 fully saturated rings. The van der Waals surface area contributed by atoms with Gasteiger partial charge < -0.3 is 20.3 Å². The van der Waals surface area contributed by atoms with E-state index in [2.05, 4.69) is 25.9 Å². The Balaban J connectivity index is 1.89. The number of urea groups is 1. The van der Waals surface area contributed by atoms with Crippen LogP contribution in [0.2, 0.25) is 0 Å². The lowest BCUT2D eigenvalue weighted by Crippen LogP contribution is -2.35. The molecule has 9 nitrogen and oxygen atoms in total. The summed E-state index contributed by atoms with van der Waals surface area (Å²) in [6.45, 7) is 8.03. The van der Waals surface area contributed by atoms with Crippen LogP contribution in [0.15, 0.2) is 30.3 Å². The lowest BCUT2D eigenvalue weighted by molar-refractivity contribution is -0.137. The summed E-state index contributed by atoms with van der Waals surface area (Å²) in [7, 11) is 1.65. The zero-order valence-electron chi connectivity index (χ0n) is 19.7. The lowest BCUT2D eigenvalue weighted by atomic mass is 10.2. The van der Waals surface area contributed by atoms with Crippen molar-refractivity contribution >= 4 is 29.6 Å². The number of ether oxygens (including phenoxy) is 1. The normalized spacial score (nSPS) is 11.5. The molecule has 0 saturated carbocycles. The van der Waals surface area contributed by atoms with Crippen LogP contribution in [0.3, 0.4) is 0 Å². The van der Waals surface area contributed by atoms with Gasteiger partial charge in [0.05, 0.1) is 5.56 Å². The molecule has 2 aromatic rings. The number of aryl methyl sites for hydroxylation is 1. The average molecular weight is 483 g/mol. The van der Waals surface area contributed by atoms with Crippen LogP contribution in [0.25, 0.3) is 0 Å². The molecule has 12 heteroatoms. The first-order valence-corrected chi connectivity index (χ1v) is 10.5. The van der Waals surface area contributed by atoms with Crippen molar-refractivity contribution in [3.8, 4) is 0 Å². The lowest BCUT2D eigenvalue weighted by Gasteiger charge is -2.24. The number of halogens is 3. The molecule has 0 spiro atoms. The molecule has 1 heterocycles. The molecule has 0 bridgehead atoms. The fourth-order valence-corrected chi connectivity index (χ4v) is 2.72. The largest absolute Gasteiger partial charge is 0.444 e. The van der Waals surface area contributed by atoms with Crippen LogP contribution >= 0.6 is 0 Å². The van der Waals surface area contributed by atoms with Gasteiger partial charge in [-0.05, 0) is 52.3 Å². The van der Waals surface area contributed by atoms with Crippen molar-refractivity contribution in [2.24, 2.45) is 0 Å². The van der Waals surface area contributed by atoms with E-state index in [1.54, 1.807) is 40.8 Å². The fraction of sp³-hybridized carbons (Fsp3) is 0.455. The van der Waals surface area contributed by atoms with E-state index in [0.29, 0.717) is 31.0 Å². The number of nitrogens with zero attached hydrogens (tertiary/aromatic N) is 3. The van der Waals surface area contributed by atoms with Crippen molar-refractivity contribution in [2.45, 2.75) is 45.9 Å². The SMILES string of the molecule is Cc1cc(NCCCN(C)C(=O)OC(C)(C)C)nc(NC(=O)Nc2cccc(C(F)(F)F)c2)n1. The molecule has 186 valence electrons. The molecule has 3 amide bonds. The summed E-state index contributed by atoms with van der Waals surface area (Å²) in [5.41, 5.74) is -0.898. The Morgan fingerprint density at radius 3 is 2.44 bits per heavy atom. The van der Waals surface area contributed by atoms with E-state index in [1.165, 1.54) is 17.0 Å². The Labute approximate surface area is 196 Å². The van der Waals surface area contributed by atoms with Gasteiger partial charge >= 0.3 is 18.3 Å². The number of nitrogens with one attached hydrogen (secondary N) is 3. The standard InChI is InChI=1S/C22H29F3N6O3/c1-14-12-17(26-10-7-11-31(5)20(33)34-21(2,3)4)29-18(27-14)30-19(32)28-16-9-6-8-15(13-16)22(23,24)25/h6,8-9,12-13H,7,10-11H2,1-5H3,(H3,26,27,28,29,30,32). The minimum atomic E-state index is -4.52. The molecule has 0 aliphatic rings. The summed E-state index contributed by atoms with van der Waals surface area (Å²) in [6, 6.07) is 5.17. The second kappa shape index (κ2) is 11.0. The van der Waals surface area contributed by atoms with E-state index in [1.807, 2.05) is 0 Å². The quantitative estimate of drug-likeness (QED) is 0.473. The van der Waals surface area contributed by atoms with Gasteiger partial charge in [0.25, 0.3) is 0 Å². The summed E-state index contributed by atoms with van der Waals surface area (Å²) >= 11 is 0. The zero-order valence-corrected chi connectivity index (χ0v) is 19.7. The van der Waals surface area contributed by atoms with Crippen LogP contribution in [-0.4, -0.2) is 52.7 Å². The summed E-state index contributed by atoms with van der Waals surface area (Å²) in [5.74, 6) is 0.430. The van der Waals surface area contributed by atoms with Crippen molar-refractivity contribution in [3.05, 3.63) is 41.6 Å². The zero-order chi connectivity index (χ0) is 25.5. The van der Waals surface area contributed by atoms with Gasteiger partial charge in [0.15, 0.2) is 0 Å². The van der Waals surface area contributed by atoms with E-state index >= 15 is 0 Å². The minimum Gasteiger partial charge on any atom is -0.444 e. The fourth-order valence-electron chi connectivity index (χ4n) is 2.72. The Hall–Kier alpha value is -3.57. The van der Waals surface area contributed by atoms with E-state index in [-0.39, 0.29) is 11.6 Å². The predicted molar refractivity (Wildman–Crippen MR) is 123 cm³/mol. The molecule has 1 aromatic heterocycles. The van der Waals surface area contributed by atoms with Gasteiger partial charge in [0.1, 0.15) is 11.4 Å². The number of aromatic nitrogens is 2. The topological polar surface area (TPSA) is 108 Å². The second-order valence-electron chi connectivity index (χ2n) is 8.56. The maximum atomic E-state index is 12.8. The molecule has 0 unspecified atom stereocenters. The van der Waals surface area contributed by atoms with Crippen LogP contribution in [0, 0.1) is 6.92 Å². The number of carbonyl (C=O) groups excluding carboxylic acids is 2. The third-order valence-corrected chi connectivity index (χ3v) is 4.21. The van der Waals surface area contributed by atoms with Crippen LogP contribution < -0.4 is 16.0 Å². The average Bonchev–Trinajstić information content (AvgIpc) is 2.68. The molecule has 2 rings (SSSR count). The number of hydrogen-bond donors (Lipinski definition) is 3. The van der Waals surface area contributed by atoms with Crippen LogP contribution in [-0.2, 0) is 10.9 Å². The number of rotatable bonds is 7. The number of alkyl halides is 3.